The first kappa shape index (κ1) is 25.5. The molecule has 2 atom stereocenters. The number of carbonyl (C=O) groups is 1. The molecule has 11 heteroatoms. The summed E-state index contributed by atoms with van der Waals surface area (Å²) < 4.78 is 33.2. The van der Waals surface area contributed by atoms with Crippen LogP contribution in [0.5, 0.6) is 0 Å². The van der Waals surface area contributed by atoms with Crippen LogP contribution >= 0.6 is 0 Å². The number of primary amides is 1. The quantitative estimate of drug-likeness (QED) is 0.433. The first-order chi connectivity index (χ1) is 12.3. The predicted molar refractivity (Wildman–Crippen MR) is 103 cm³/mol. The van der Waals surface area contributed by atoms with Crippen LogP contribution in [0.1, 0.15) is 26.7 Å². The number of rotatable bonds is 14. The van der Waals surface area contributed by atoms with E-state index in [4.69, 9.17) is 32.3 Å². The Bertz CT molecular complexity index is 363. The largest absolute Gasteiger partial charge is 0.502 e. The first-order valence-electron chi connectivity index (χ1n) is 8.66. The Morgan fingerprint density at radius 2 is 1.04 bits per heavy atom. The molecule has 0 bridgehead atoms. The average molecular weight is 413 g/mol. The van der Waals surface area contributed by atoms with Gasteiger partial charge in [-0.15, -0.1) is 0 Å². The van der Waals surface area contributed by atoms with Crippen molar-refractivity contribution in [2.24, 2.45) is 5.73 Å². The summed E-state index contributed by atoms with van der Waals surface area (Å²) in [6.45, 7) is 3.97. The molecule has 0 aliphatic heterocycles. The van der Waals surface area contributed by atoms with Crippen LogP contribution in [-0.2, 0) is 26.6 Å². The summed E-state index contributed by atoms with van der Waals surface area (Å²) in [7, 11) is 3.54. The number of hydrogen-bond donors (Lipinski definition) is 1. The predicted octanol–water partition coefficient (Wildman–Crippen LogP) is 1.68. The molecule has 9 nitrogen and oxygen atoms in total. The van der Waals surface area contributed by atoms with E-state index in [0.29, 0.717) is 24.9 Å². The molecule has 0 aliphatic carbocycles. The van der Waals surface area contributed by atoms with Crippen molar-refractivity contribution in [1.29, 1.82) is 0 Å². The van der Waals surface area contributed by atoms with Gasteiger partial charge in [0.25, 0.3) is 0 Å². The minimum atomic E-state index is -2.88. The van der Waals surface area contributed by atoms with Crippen LogP contribution in [0.15, 0.2) is 0 Å². The summed E-state index contributed by atoms with van der Waals surface area (Å²) in [5.41, 5.74) is 5.75. The van der Waals surface area contributed by atoms with E-state index < -0.39 is 23.6 Å². The van der Waals surface area contributed by atoms with Crippen molar-refractivity contribution in [3.8, 4) is 0 Å². The minimum Gasteiger partial charge on any atom is -0.377 e. The fraction of sp³-hybridized carbons (Fsp3) is 0.933. The molecule has 2 N–H and O–H groups in total. The highest BCUT2D eigenvalue weighted by atomic mass is 28.4. The summed E-state index contributed by atoms with van der Waals surface area (Å²) in [6.07, 6.45) is 1.34. The van der Waals surface area contributed by atoms with Gasteiger partial charge in [0.1, 0.15) is 0 Å². The van der Waals surface area contributed by atoms with E-state index in [2.05, 4.69) is 0 Å². The molecule has 0 fully saturated rings. The van der Waals surface area contributed by atoms with Gasteiger partial charge in [0.2, 0.25) is 0 Å². The van der Waals surface area contributed by atoms with E-state index >= 15 is 0 Å². The molecular formula is C15H36N2O7Si2. The second-order valence-corrected chi connectivity index (χ2v) is 11.9. The average Bonchev–Trinajstić information content (AvgIpc) is 2.67. The molecular weight excluding hydrogens is 376 g/mol. The Kier molecular flexibility index (Phi) is 11.8. The lowest BCUT2D eigenvalue weighted by atomic mass is 10.1. The van der Waals surface area contributed by atoms with Gasteiger partial charge in [-0.25, -0.2) is 4.79 Å². The molecule has 0 aromatic carbocycles. The van der Waals surface area contributed by atoms with Crippen molar-refractivity contribution in [3.63, 3.8) is 0 Å². The topological polar surface area (TPSA) is 102 Å². The third-order valence-corrected chi connectivity index (χ3v) is 10.5. The van der Waals surface area contributed by atoms with E-state index in [0.717, 1.165) is 0 Å². The molecule has 2 amide bonds. The van der Waals surface area contributed by atoms with Crippen LogP contribution in [0.4, 0.5) is 4.79 Å². The van der Waals surface area contributed by atoms with Gasteiger partial charge < -0.3 is 37.2 Å². The number of amides is 2. The maximum absolute atomic E-state index is 12.3. The van der Waals surface area contributed by atoms with Crippen molar-refractivity contribution in [3.05, 3.63) is 0 Å². The van der Waals surface area contributed by atoms with Crippen molar-refractivity contribution in [2.45, 2.75) is 50.9 Å². The highest BCUT2D eigenvalue weighted by Crippen LogP contribution is 2.28. The smallest absolute Gasteiger partial charge is 0.377 e. The van der Waals surface area contributed by atoms with Crippen molar-refractivity contribution in [1.82, 2.24) is 4.90 Å². The van der Waals surface area contributed by atoms with Crippen LogP contribution in [0.25, 0.3) is 0 Å². The number of carbonyl (C=O) groups excluding carboxylic acids is 1. The van der Waals surface area contributed by atoms with Gasteiger partial charge in [0.05, 0.1) is 0 Å². The number of nitrogens with zero attached hydrogens (tertiary/aromatic N) is 1. The van der Waals surface area contributed by atoms with E-state index in [-0.39, 0.29) is 12.1 Å². The van der Waals surface area contributed by atoms with Gasteiger partial charge in [-0.2, -0.15) is 0 Å². The molecule has 0 aliphatic rings. The third-order valence-electron chi connectivity index (χ3n) is 4.82. The van der Waals surface area contributed by atoms with Gasteiger partial charge >= 0.3 is 23.6 Å². The molecule has 26 heavy (non-hydrogen) atoms. The number of urea groups is 1. The Morgan fingerprint density at radius 3 is 1.19 bits per heavy atom. The Hall–Kier alpha value is -0.536. The Labute approximate surface area is 159 Å². The van der Waals surface area contributed by atoms with Crippen LogP contribution < -0.4 is 5.73 Å². The molecule has 0 aromatic rings. The number of hydrogen-bond acceptors (Lipinski definition) is 7. The van der Waals surface area contributed by atoms with Crippen LogP contribution in [0, 0.1) is 0 Å². The lowest BCUT2D eigenvalue weighted by molar-refractivity contribution is 0.0905. The molecule has 156 valence electrons. The fourth-order valence-electron chi connectivity index (χ4n) is 3.11. The Morgan fingerprint density at radius 1 is 0.769 bits per heavy atom. The SMILES string of the molecule is CCC(C[Si](OC)(OC)OC)N(C(N)=O)C(CC)C[Si](OC)(OC)OC. The van der Waals surface area contributed by atoms with Crippen LogP contribution in [0.3, 0.4) is 0 Å². The zero-order valence-electron chi connectivity index (χ0n) is 17.4. The lowest BCUT2D eigenvalue weighted by Gasteiger charge is -2.40. The molecule has 2 unspecified atom stereocenters. The normalized spacial score (nSPS) is 14.9. The highest BCUT2D eigenvalue weighted by molar-refractivity contribution is 6.61. The monoisotopic (exact) mass is 412 g/mol. The molecule has 0 rings (SSSR count). The summed E-state index contributed by atoms with van der Waals surface area (Å²) >= 11 is 0. The molecule has 0 aromatic heterocycles. The maximum Gasteiger partial charge on any atom is 0.502 e. The van der Waals surface area contributed by atoms with Crippen LogP contribution in [0.2, 0.25) is 12.1 Å². The summed E-state index contributed by atoms with van der Waals surface area (Å²) in [6, 6.07) is -0.0504. The minimum absolute atomic E-state index is 0.207. The highest BCUT2D eigenvalue weighted by Gasteiger charge is 2.47. The second kappa shape index (κ2) is 12.0. The zero-order valence-corrected chi connectivity index (χ0v) is 19.4. The van der Waals surface area contributed by atoms with Gasteiger partial charge in [0, 0.05) is 66.8 Å². The third kappa shape index (κ3) is 6.27. The van der Waals surface area contributed by atoms with Gasteiger partial charge in [-0.05, 0) is 12.8 Å². The van der Waals surface area contributed by atoms with Gasteiger partial charge in [0.15, 0.2) is 0 Å². The molecule has 0 radical (unpaired) electrons. The van der Waals surface area contributed by atoms with E-state index in [9.17, 15) is 4.79 Å². The molecule has 0 heterocycles. The van der Waals surface area contributed by atoms with Crippen LogP contribution in [-0.4, -0.2) is 83.3 Å². The lowest BCUT2D eigenvalue weighted by Crippen LogP contribution is -2.57. The maximum atomic E-state index is 12.3. The van der Waals surface area contributed by atoms with Gasteiger partial charge in [-0.1, -0.05) is 13.8 Å². The van der Waals surface area contributed by atoms with E-state index in [1.165, 1.54) is 0 Å². The molecule has 0 spiro atoms. The number of nitrogens with two attached hydrogens (primary N) is 1. The standard InChI is InChI=1S/C15H36N2O7Si2/c1-9-13(11-25(19-3,20-4)21-5)17(15(16)18)14(10-2)12-26(22-6,23-7)24-8/h13-14H,9-12H2,1-8H3,(H2,16,18). The molecule has 0 saturated heterocycles. The summed E-state index contributed by atoms with van der Waals surface area (Å²) in [4.78, 5) is 14.0. The Balaban J connectivity index is 5.71. The summed E-state index contributed by atoms with van der Waals surface area (Å²) in [5, 5.41) is 0. The second-order valence-electron chi connectivity index (χ2n) is 5.87. The van der Waals surface area contributed by atoms with Gasteiger partial charge in [-0.3, -0.25) is 0 Å². The molecule has 0 saturated carbocycles. The van der Waals surface area contributed by atoms with Crippen molar-refractivity contribution >= 4 is 23.6 Å². The summed E-state index contributed by atoms with van der Waals surface area (Å²) in [5.74, 6) is 0. The first-order valence-corrected chi connectivity index (χ1v) is 12.5. The van der Waals surface area contributed by atoms with Crippen molar-refractivity contribution < 1.29 is 31.4 Å². The zero-order chi connectivity index (χ0) is 20.4. The van der Waals surface area contributed by atoms with E-state index in [1.54, 1.807) is 47.6 Å². The van der Waals surface area contributed by atoms with Crippen molar-refractivity contribution in [2.75, 3.05) is 42.7 Å². The van der Waals surface area contributed by atoms with E-state index in [1.807, 2.05) is 13.8 Å². The fourth-order valence-corrected chi connectivity index (χ4v) is 7.24.